The second kappa shape index (κ2) is 38.1. The highest BCUT2D eigenvalue weighted by molar-refractivity contribution is 7.47. The number of phosphoric acid groups is 1. The molecular weight excluding hydrogens is 765 g/mol. The molecule has 0 radical (unpaired) electrons. The number of nitrogens with two attached hydrogens (primary N) is 1. The van der Waals surface area contributed by atoms with Crippen molar-refractivity contribution in [3.8, 4) is 0 Å². The van der Waals surface area contributed by atoms with Crippen LogP contribution in [0.2, 0.25) is 0 Å². The molecule has 0 aliphatic rings. The van der Waals surface area contributed by atoms with E-state index in [-0.39, 0.29) is 32.1 Å². The summed E-state index contributed by atoms with van der Waals surface area (Å²) in [6, 6.07) is -1.57. The number of aliphatic hydroxyl groups is 2. The molecular formula is C44H74NO12P. The van der Waals surface area contributed by atoms with Gasteiger partial charge in [-0.15, -0.1) is 0 Å². The van der Waals surface area contributed by atoms with Crippen LogP contribution in [0.15, 0.2) is 72.9 Å². The maximum atomic E-state index is 12.6. The fourth-order valence-electron chi connectivity index (χ4n) is 5.18. The number of aliphatic hydroxyl groups excluding tert-OH is 2. The summed E-state index contributed by atoms with van der Waals surface area (Å²) in [7, 11) is -4.79. The van der Waals surface area contributed by atoms with E-state index in [2.05, 4.69) is 73.1 Å². The third kappa shape index (κ3) is 36.0. The van der Waals surface area contributed by atoms with Gasteiger partial charge < -0.3 is 35.4 Å². The van der Waals surface area contributed by atoms with Crippen LogP contribution >= 0.6 is 7.82 Å². The summed E-state index contributed by atoms with van der Waals surface area (Å²) in [5, 5.41) is 29.5. The van der Waals surface area contributed by atoms with Crippen LogP contribution in [0.1, 0.15) is 142 Å². The van der Waals surface area contributed by atoms with Crippen LogP contribution in [0.25, 0.3) is 0 Å². The Morgan fingerprint density at radius 1 is 0.621 bits per heavy atom. The Hall–Kier alpha value is -3.16. The summed E-state index contributed by atoms with van der Waals surface area (Å²) in [5.41, 5.74) is 5.31. The van der Waals surface area contributed by atoms with Gasteiger partial charge in [-0.2, -0.15) is 0 Å². The number of carbonyl (C=O) groups excluding carboxylic acids is 2. The topological polar surface area (TPSA) is 212 Å². The lowest BCUT2D eigenvalue weighted by molar-refractivity contribution is -0.161. The lowest BCUT2D eigenvalue weighted by atomic mass is 10.0. The molecule has 0 amide bonds. The normalized spacial score (nSPS) is 15.6. The van der Waals surface area contributed by atoms with E-state index in [1.165, 1.54) is 19.3 Å². The minimum absolute atomic E-state index is 0.0802. The van der Waals surface area contributed by atoms with Crippen molar-refractivity contribution in [3.05, 3.63) is 72.9 Å². The van der Waals surface area contributed by atoms with E-state index in [0.717, 1.165) is 64.2 Å². The van der Waals surface area contributed by atoms with Gasteiger partial charge in [0.1, 0.15) is 12.6 Å². The molecule has 5 atom stereocenters. The highest BCUT2D eigenvalue weighted by atomic mass is 31.2. The molecule has 6 N–H and O–H groups in total. The highest BCUT2D eigenvalue weighted by Crippen LogP contribution is 2.43. The van der Waals surface area contributed by atoms with Crippen molar-refractivity contribution in [2.24, 2.45) is 5.73 Å². The molecule has 0 bridgehead atoms. The Balaban J connectivity index is 4.66. The van der Waals surface area contributed by atoms with Gasteiger partial charge in [0.15, 0.2) is 6.10 Å². The molecule has 0 saturated heterocycles. The van der Waals surface area contributed by atoms with Gasteiger partial charge in [-0.3, -0.25) is 23.4 Å². The van der Waals surface area contributed by atoms with E-state index in [4.69, 9.17) is 24.8 Å². The summed E-state index contributed by atoms with van der Waals surface area (Å²) in [4.78, 5) is 46.0. The van der Waals surface area contributed by atoms with Crippen LogP contribution in [0.3, 0.4) is 0 Å². The standard InChI is InChI=1S/C44H74NO12P/c1-3-5-7-9-11-13-15-17-18-19-21-23-25-27-29-33-43(49)57-38(36-55-58(52,53)56-37-39(45)44(50)51)35-54-42(48)34-30-32-41(47)40(46)31-28-26-24-22-20-16-14-12-10-8-6-4-2/h6,8,11-14,17-18,20,22,26,28,38-41,46-47H,3-5,7,9-10,15-16,19,21,23-25,27,29-37,45H2,1-2H3,(H,50,51)(H,52,53)/b8-6-,13-11-,14-12-,18-17-,22-20-,28-26-/t38-,39+,40+,41+/m1/s1. The SMILES string of the molecule is CC/C=C\C/C=C\C/C=C\C/C=C\C[C@H](O)[C@@H](O)CCCC(=O)OC[C@H](COP(=O)(O)OC[C@H](N)C(=O)O)OC(=O)CCCCCCC/C=C\C/C=C\CCCCC. The first kappa shape index (κ1) is 54.8. The molecule has 14 heteroatoms. The Morgan fingerprint density at radius 3 is 1.74 bits per heavy atom. The number of ether oxygens (including phenoxy) is 2. The van der Waals surface area contributed by atoms with Gasteiger partial charge in [-0.05, 0) is 83.5 Å². The summed E-state index contributed by atoms with van der Waals surface area (Å²) in [6.07, 6.45) is 37.1. The van der Waals surface area contributed by atoms with E-state index < -0.39 is 69.9 Å². The second-order valence-corrected chi connectivity index (χ2v) is 15.5. The van der Waals surface area contributed by atoms with Crippen LogP contribution < -0.4 is 5.73 Å². The number of rotatable bonds is 38. The third-order valence-electron chi connectivity index (χ3n) is 8.64. The number of carboxylic acid groups (broad SMARTS) is 1. The molecule has 1 unspecified atom stereocenters. The van der Waals surface area contributed by atoms with Crippen molar-refractivity contribution in [2.75, 3.05) is 19.8 Å². The fourth-order valence-corrected chi connectivity index (χ4v) is 5.96. The number of hydrogen-bond donors (Lipinski definition) is 5. The number of carbonyl (C=O) groups is 3. The largest absolute Gasteiger partial charge is 0.480 e. The Bertz CT molecular complexity index is 1290. The average molecular weight is 840 g/mol. The van der Waals surface area contributed by atoms with Crippen molar-refractivity contribution >= 4 is 25.7 Å². The number of unbranched alkanes of at least 4 members (excludes halogenated alkanes) is 8. The Labute approximate surface area is 347 Å². The lowest BCUT2D eigenvalue weighted by Gasteiger charge is -2.20. The molecule has 0 aliphatic carbocycles. The van der Waals surface area contributed by atoms with Crippen molar-refractivity contribution in [3.63, 3.8) is 0 Å². The van der Waals surface area contributed by atoms with Crippen molar-refractivity contribution in [1.82, 2.24) is 0 Å². The highest BCUT2D eigenvalue weighted by Gasteiger charge is 2.28. The third-order valence-corrected chi connectivity index (χ3v) is 9.59. The number of aliphatic carboxylic acids is 1. The molecule has 0 spiro atoms. The predicted octanol–water partition coefficient (Wildman–Crippen LogP) is 8.89. The number of allylic oxidation sites excluding steroid dienone is 11. The maximum Gasteiger partial charge on any atom is 0.472 e. The molecule has 0 heterocycles. The molecule has 0 aromatic heterocycles. The van der Waals surface area contributed by atoms with Crippen LogP contribution in [-0.2, 0) is 37.5 Å². The van der Waals surface area contributed by atoms with Crippen molar-refractivity contribution in [1.29, 1.82) is 0 Å². The van der Waals surface area contributed by atoms with E-state index in [1.54, 1.807) is 6.08 Å². The minimum Gasteiger partial charge on any atom is -0.480 e. The zero-order chi connectivity index (χ0) is 43.1. The number of phosphoric ester groups is 1. The zero-order valence-corrected chi connectivity index (χ0v) is 36.0. The molecule has 0 aromatic carbocycles. The summed E-state index contributed by atoms with van der Waals surface area (Å²) in [6.45, 7) is 2.33. The molecule has 0 rings (SSSR count). The number of hydrogen-bond acceptors (Lipinski definition) is 11. The van der Waals surface area contributed by atoms with Gasteiger partial charge in [-0.1, -0.05) is 119 Å². The fraction of sp³-hybridized carbons (Fsp3) is 0.659. The molecule has 0 aliphatic heterocycles. The van der Waals surface area contributed by atoms with E-state index in [1.807, 2.05) is 12.2 Å². The molecule has 58 heavy (non-hydrogen) atoms. The van der Waals surface area contributed by atoms with Gasteiger partial charge in [0.25, 0.3) is 0 Å². The van der Waals surface area contributed by atoms with Crippen LogP contribution in [0.4, 0.5) is 0 Å². The Kier molecular flexibility index (Phi) is 36.0. The second-order valence-electron chi connectivity index (χ2n) is 14.0. The Morgan fingerprint density at radius 2 is 1.14 bits per heavy atom. The molecule has 0 fully saturated rings. The van der Waals surface area contributed by atoms with Crippen LogP contribution in [0, 0.1) is 0 Å². The first-order chi connectivity index (χ1) is 27.9. The molecule has 0 saturated carbocycles. The van der Waals surface area contributed by atoms with Gasteiger partial charge in [0.05, 0.1) is 25.4 Å². The van der Waals surface area contributed by atoms with Gasteiger partial charge in [0.2, 0.25) is 0 Å². The minimum atomic E-state index is -4.79. The van der Waals surface area contributed by atoms with Crippen molar-refractivity contribution in [2.45, 2.75) is 167 Å². The van der Waals surface area contributed by atoms with Gasteiger partial charge >= 0.3 is 25.7 Å². The quantitative estimate of drug-likeness (QED) is 0.0170. The van der Waals surface area contributed by atoms with E-state index in [0.29, 0.717) is 12.8 Å². The monoisotopic (exact) mass is 839 g/mol. The number of esters is 2. The summed E-state index contributed by atoms with van der Waals surface area (Å²) >= 11 is 0. The lowest BCUT2D eigenvalue weighted by Crippen LogP contribution is -2.34. The zero-order valence-electron chi connectivity index (χ0n) is 35.1. The van der Waals surface area contributed by atoms with E-state index in [9.17, 15) is 34.1 Å². The maximum absolute atomic E-state index is 12.6. The first-order valence-electron chi connectivity index (χ1n) is 21.1. The summed E-state index contributed by atoms with van der Waals surface area (Å²) in [5.74, 6) is -2.73. The number of carboxylic acids is 1. The van der Waals surface area contributed by atoms with Gasteiger partial charge in [0, 0.05) is 12.8 Å². The average Bonchev–Trinajstić information content (AvgIpc) is 3.19. The van der Waals surface area contributed by atoms with Crippen LogP contribution in [-0.4, -0.2) is 82.3 Å². The van der Waals surface area contributed by atoms with E-state index >= 15 is 0 Å². The van der Waals surface area contributed by atoms with Crippen LogP contribution in [0.5, 0.6) is 0 Å². The van der Waals surface area contributed by atoms with Crippen molar-refractivity contribution < 1.29 is 57.7 Å². The smallest absolute Gasteiger partial charge is 0.472 e. The first-order valence-corrected chi connectivity index (χ1v) is 22.6. The molecule has 0 aromatic rings. The van der Waals surface area contributed by atoms with Gasteiger partial charge in [-0.25, -0.2) is 4.57 Å². The molecule has 332 valence electrons. The molecule has 13 nitrogen and oxygen atoms in total. The predicted molar refractivity (Wildman–Crippen MR) is 229 cm³/mol. The summed E-state index contributed by atoms with van der Waals surface area (Å²) < 4.78 is 32.5.